The van der Waals surface area contributed by atoms with Crippen molar-refractivity contribution < 1.29 is 0 Å². The van der Waals surface area contributed by atoms with Gasteiger partial charge < -0.3 is 5.73 Å². The second-order valence-electron chi connectivity index (χ2n) is 8.59. The summed E-state index contributed by atoms with van der Waals surface area (Å²) < 4.78 is 0. The lowest BCUT2D eigenvalue weighted by Gasteiger charge is -2.39. The third-order valence-electron chi connectivity index (χ3n) is 6.46. The van der Waals surface area contributed by atoms with E-state index in [1.807, 2.05) is 12.4 Å². The molecule has 2 aliphatic rings. The van der Waals surface area contributed by atoms with Crippen molar-refractivity contribution in [3.8, 4) is 0 Å². The Kier molecular flexibility index (Phi) is 4.94. The Morgan fingerprint density at radius 1 is 1.12 bits per heavy atom. The number of nitrogens with two attached hydrogens (primary N) is 1. The van der Waals surface area contributed by atoms with Crippen LogP contribution >= 0.6 is 0 Å². The molecule has 2 aromatic rings. The Balaban J connectivity index is 1.22. The highest BCUT2D eigenvalue weighted by molar-refractivity contribution is 5.25. The van der Waals surface area contributed by atoms with Crippen LogP contribution in [0.25, 0.3) is 0 Å². The molecule has 1 saturated carbocycles. The van der Waals surface area contributed by atoms with Crippen LogP contribution in [0.1, 0.15) is 56.1 Å². The molecule has 1 aromatic heterocycles. The highest BCUT2D eigenvalue weighted by Crippen LogP contribution is 2.52. The standard InChI is InChI=1S/C22H30N4/c1-22(8-7-19-13-20(19)18-5-3-2-4-6-18)9-11-26(12-10-22)16-17-14-24-21(23)25-15-17/h2-6,14-15,19-20H,7-13,16H2,1H3,(H2,23,24,25)/t19-,20?/m1/s1. The molecule has 0 amide bonds. The molecule has 2 N–H and O–H groups in total. The predicted molar refractivity (Wildman–Crippen MR) is 106 cm³/mol. The van der Waals surface area contributed by atoms with E-state index in [0.29, 0.717) is 11.4 Å². The summed E-state index contributed by atoms with van der Waals surface area (Å²) in [7, 11) is 0. The van der Waals surface area contributed by atoms with E-state index in [0.717, 1.165) is 23.9 Å². The van der Waals surface area contributed by atoms with E-state index in [1.54, 1.807) is 5.56 Å². The quantitative estimate of drug-likeness (QED) is 0.846. The Bertz CT molecular complexity index is 705. The van der Waals surface area contributed by atoms with Crippen LogP contribution in [0.3, 0.4) is 0 Å². The van der Waals surface area contributed by atoms with Gasteiger partial charge in [0.25, 0.3) is 0 Å². The minimum Gasteiger partial charge on any atom is -0.368 e. The van der Waals surface area contributed by atoms with E-state index >= 15 is 0 Å². The van der Waals surface area contributed by atoms with Gasteiger partial charge in [-0.15, -0.1) is 0 Å². The molecule has 0 radical (unpaired) electrons. The number of anilines is 1. The Hall–Kier alpha value is -1.94. The number of nitrogen functional groups attached to an aromatic ring is 1. The zero-order valence-corrected chi connectivity index (χ0v) is 15.8. The summed E-state index contributed by atoms with van der Waals surface area (Å²) in [6.45, 7) is 5.78. The fraction of sp³-hybridized carbons (Fsp3) is 0.545. The number of aromatic nitrogens is 2. The average Bonchev–Trinajstić information content (AvgIpc) is 3.45. The number of nitrogens with zero attached hydrogens (tertiary/aromatic N) is 3. The summed E-state index contributed by atoms with van der Waals surface area (Å²) in [5.74, 6) is 2.10. The Labute approximate surface area is 156 Å². The largest absolute Gasteiger partial charge is 0.368 e. The summed E-state index contributed by atoms with van der Waals surface area (Å²) in [5.41, 5.74) is 8.78. The van der Waals surface area contributed by atoms with Crippen molar-refractivity contribution in [2.45, 2.75) is 51.5 Å². The minimum atomic E-state index is 0.355. The number of rotatable bonds is 6. The van der Waals surface area contributed by atoms with Gasteiger partial charge in [-0.25, -0.2) is 9.97 Å². The average molecular weight is 351 g/mol. The van der Waals surface area contributed by atoms with Crippen LogP contribution in [0.15, 0.2) is 42.7 Å². The summed E-state index contributed by atoms with van der Waals surface area (Å²) in [5, 5.41) is 0. The van der Waals surface area contributed by atoms with Gasteiger partial charge in [0.05, 0.1) is 0 Å². The molecule has 1 aromatic carbocycles. The molecule has 0 spiro atoms. The van der Waals surface area contributed by atoms with Gasteiger partial charge >= 0.3 is 0 Å². The molecule has 4 nitrogen and oxygen atoms in total. The lowest BCUT2D eigenvalue weighted by Crippen LogP contribution is -2.38. The fourth-order valence-electron chi connectivity index (χ4n) is 4.41. The van der Waals surface area contributed by atoms with Gasteiger partial charge in [-0.05, 0) is 68.0 Å². The Morgan fingerprint density at radius 3 is 2.50 bits per heavy atom. The van der Waals surface area contributed by atoms with Crippen molar-refractivity contribution in [3.63, 3.8) is 0 Å². The molecular formula is C22H30N4. The summed E-state index contributed by atoms with van der Waals surface area (Å²) in [6.07, 6.45) is 10.5. The normalized spacial score (nSPS) is 25.1. The van der Waals surface area contributed by atoms with Crippen LogP contribution < -0.4 is 5.73 Å². The van der Waals surface area contributed by atoms with E-state index in [4.69, 9.17) is 5.73 Å². The summed E-state index contributed by atoms with van der Waals surface area (Å²) in [4.78, 5) is 10.7. The highest BCUT2D eigenvalue weighted by atomic mass is 15.1. The molecule has 1 aliphatic heterocycles. The smallest absolute Gasteiger partial charge is 0.219 e. The first kappa shape index (κ1) is 17.5. The number of hydrogen-bond donors (Lipinski definition) is 1. The highest BCUT2D eigenvalue weighted by Gasteiger charge is 2.39. The first-order chi connectivity index (χ1) is 12.6. The third-order valence-corrected chi connectivity index (χ3v) is 6.46. The monoisotopic (exact) mass is 350 g/mol. The number of likely N-dealkylation sites (tertiary alicyclic amines) is 1. The van der Waals surface area contributed by atoms with E-state index in [9.17, 15) is 0 Å². The second kappa shape index (κ2) is 7.36. The Morgan fingerprint density at radius 2 is 1.81 bits per heavy atom. The summed E-state index contributed by atoms with van der Waals surface area (Å²) in [6, 6.07) is 11.1. The van der Waals surface area contributed by atoms with Gasteiger partial charge in [-0.3, -0.25) is 4.90 Å². The summed E-state index contributed by atoms with van der Waals surface area (Å²) >= 11 is 0. The van der Waals surface area contributed by atoms with Crippen molar-refractivity contribution in [1.82, 2.24) is 14.9 Å². The molecule has 4 rings (SSSR count). The van der Waals surface area contributed by atoms with Crippen LogP contribution in [-0.4, -0.2) is 28.0 Å². The van der Waals surface area contributed by atoms with Crippen molar-refractivity contribution in [3.05, 3.63) is 53.9 Å². The van der Waals surface area contributed by atoms with Crippen LogP contribution in [0.5, 0.6) is 0 Å². The molecule has 4 heteroatoms. The first-order valence-corrected chi connectivity index (χ1v) is 9.95. The maximum atomic E-state index is 5.57. The van der Waals surface area contributed by atoms with E-state index < -0.39 is 0 Å². The van der Waals surface area contributed by atoms with Crippen molar-refractivity contribution >= 4 is 5.95 Å². The number of piperidine rings is 1. The molecule has 2 atom stereocenters. The molecule has 0 bridgehead atoms. The molecule has 1 saturated heterocycles. The SMILES string of the molecule is CC1(CC[C@@H]2CC2c2ccccc2)CCN(Cc2cnc(N)nc2)CC1. The number of hydrogen-bond acceptors (Lipinski definition) is 4. The van der Waals surface area contributed by atoms with E-state index in [2.05, 4.69) is 52.1 Å². The van der Waals surface area contributed by atoms with Gasteiger partial charge in [0.15, 0.2) is 0 Å². The number of benzene rings is 1. The van der Waals surface area contributed by atoms with Crippen LogP contribution in [0.4, 0.5) is 5.95 Å². The molecule has 1 aliphatic carbocycles. The lowest BCUT2D eigenvalue weighted by molar-refractivity contribution is 0.102. The van der Waals surface area contributed by atoms with Crippen molar-refractivity contribution in [2.75, 3.05) is 18.8 Å². The van der Waals surface area contributed by atoms with Crippen LogP contribution in [0, 0.1) is 11.3 Å². The second-order valence-corrected chi connectivity index (χ2v) is 8.59. The van der Waals surface area contributed by atoms with Gasteiger partial charge in [0.1, 0.15) is 0 Å². The topological polar surface area (TPSA) is 55.0 Å². The van der Waals surface area contributed by atoms with Gasteiger partial charge in [0, 0.05) is 24.5 Å². The maximum absolute atomic E-state index is 5.57. The molecule has 2 fully saturated rings. The van der Waals surface area contributed by atoms with E-state index in [1.165, 1.54) is 45.2 Å². The molecular weight excluding hydrogens is 320 g/mol. The molecule has 1 unspecified atom stereocenters. The molecule has 2 heterocycles. The van der Waals surface area contributed by atoms with E-state index in [-0.39, 0.29) is 0 Å². The predicted octanol–water partition coefficient (Wildman–Crippen LogP) is 4.24. The van der Waals surface area contributed by atoms with Crippen molar-refractivity contribution in [2.24, 2.45) is 11.3 Å². The lowest BCUT2D eigenvalue weighted by atomic mass is 9.76. The van der Waals surface area contributed by atoms with Gasteiger partial charge in [-0.2, -0.15) is 0 Å². The third kappa shape index (κ3) is 4.24. The van der Waals surface area contributed by atoms with Gasteiger partial charge in [0.2, 0.25) is 5.95 Å². The zero-order chi connectivity index (χ0) is 18.0. The molecule has 26 heavy (non-hydrogen) atoms. The van der Waals surface area contributed by atoms with Crippen LogP contribution in [0.2, 0.25) is 0 Å². The van der Waals surface area contributed by atoms with Crippen molar-refractivity contribution in [1.29, 1.82) is 0 Å². The zero-order valence-electron chi connectivity index (χ0n) is 15.8. The van der Waals surface area contributed by atoms with Gasteiger partial charge in [-0.1, -0.05) is 37.3 Å². The maximum Gasteiger partial charge on any atom is 0.219 e. The first-order valence-electron chi connectivity index (χ1n) is 9.95. The fourth-order valence-corrected chi connectivity index (χ4v) is 4.41. The minimum absolute atomic E-state index is 0.355. The molecule has 138 valence electrons. The van der Waals surface area contributed by atoms with Crippen LogP contribution in [-0.2, 0) is 6.54 Å².